The summed E-state index contributed by atoms with van der Waals surface area (Å²) in [5.74, 6) is -2.14. The lowest BCUT2D eigenvalue weighted by atomic mass is 10.0. The molecule has 0 aromatic rings. The highest BCUT2D eigenvalue weighted by Gasteiger charge is 2.35. The Hall–Kier alpha value is -1.65. The standard InChI is InChI=1S/C10H13NO4/c1-6(2)5-7(10(14)15)11-8(12)3-4-9(11)13/h3-4,6-7H,5H2,1-2H3,(H,14,15). The van der Waals surface area contributed by atoms with Gasteiger partial charge in [-0.05, 0) is 12.3 Å². The number of imide groups is 1. The van der Waals surface area contributed by atoms with Crippen molar-refractivity contribution in [2.24, 2.45) is 5.92 Å². The van der Waals surface area contributed by atoms with Crippen LogP contribution < -0.4 is 0 Å². The highest BCUT2D eigenvalue weighted by atomic mass is 16.4. The first kappa shape index (κ1) is 11.4. The van der Waals surface area contributed by atoms with Crippen molar-refractivity contribution in [2.45, 2.75) is 26.3 Å². The number of carboxylic acids is 1. The maximum atomic E-state index is 11.3. The fraction of sp³-hybridized carbons (Fsp3) is 0.500. The Morgan fingerprint density at radius 1 is 1.33 bits per heavy atom. The van der Waals surface area contributed by atoms with Crippen molar-refractivity contribution in [3.63, 3.8) is 0 Å². The molecule has 0 radical (unpaired) electrons. The molecule has 1 aliphatic rings. The molecule has 0 saturated carbocycles. The van der Waals surface area contributed by atoms with Crippen molar-refractivity contribution in [3.05, 3.63) is 12.2 Å². The number of carbonyl (C=O) groups is 3. The normalized spacial score (nSPS) is 17.7. The number of aliphatic carboxylic acids is 1. The van der Waals surface area contributed by atoms with Gasteiger partial charge in [0.15, 0.2) is 0 Å². The van der Waals surface area contributed by atoms with Gasteiger partial charge in [0.2, 0.25) is 0 Å². The smallest absolute Gasteiger partial charge is 0.326 e. The fourth-order valence-corrected chi connectivity index (χ4v) is 1.48. The van der Waals surface area contributed by atoms with Gasteiger partial charge in [0.25, 0.3) is 11.8 Å². The second-order valence-corrected chi connectivity index (χ2v) is 3.86. The van der Waals surface area contributed by atoms with Crippen LogP contribution in [0.25, 0.3) is 0 Å². The average Bonchev–Trinajstić information content (AvgIpc) is 2.42. The Balaban J connectivity index is 2.85. The number of rotatable bonds is 4. The average molecular weight is 211 g/mol. The van der Waals surface area contributed by atoms with E-state index in [9.17, 15) is 14.4 Å². The van der Waals surface area contributed by atoms with Crippen molar-refractivity contribution in [3.8, 4) is 0 Å². The second kappa shape index (κ2) is 4.25. The van der Waals surface area contributed by atoms with E-state index in [0.29, 0.717) is 0 Å². The van der Waals surface area contributed by atoms with E-state index < -0.39 is 23.8 Å². The molecule has 0 fully saturated rings. The summed E-state index contributed by atoms with van der Waals surface area (Å²) in [6.07, 6.45) is 2.46. The summed E-state index contributed by atoms with van der Waals surface area (Å²) in [7, 11) is 0. The van der Waals surface area contributed by atoms with Crippen LogP contribution in [-0.2, 0) is 14.4 Å². The molecule has 0 aromatic carbocycles. The third-order valence-corrected chi connectivity index (χ3v) is 2.13. The lowest BCUT2D eigenvalue weighted by Crippen LogP contribution is -2.45. The summed E-state index contributed by atoms with van der Waals surface area (Å²) >= 11 is 0. The maximum absolute atomic E-state index is 11.3. The third-order valence-electron chi connectivity index (χ3n) is 2.13. The number of carboxylic acid groups (broad SMARTS) is 1. The van der Waals surface area contributed by atoms with Gasteiger partial charge in [0.05, 0.1) is 0 Å². The van der Waals surface area contributed by atoms with E-state index in [2.05, 4.69) is 0 Å². The molecule has 0 aliphatic carbocycles. The molecule has 0 spiro atoms. The molecule has 5 nitrogen and oxygen atoms in total. The van der Waals surface area contributed by atoms with Gasteiger partial charge in [-0.1, -0.05) is 13.8 Å². The van der Waals surface area contributed by atoms with Gasteiger partial charge < -0.3 is 5.11 Å². The van der Waals surface area contributed by atoms with Crippen LogP contribution in [0.2, 0.25) is 0 Å². The minimum Gasteiger partial charge on any atom is -0.480 e. The monoisotopic (exact) mass is 211 g/mol. The minimum atomic E-state index is -1.14. The highest BCUT2D eigenvalue weighted by molar-refractivity contribution is 6.14. The summed E-state index contributed by atoms with van der Waals surface area (Å²) in [5, 5.41) is 8.94. The highest BCUT2D eigenvalue weighted by Crippen LogP contribution is 2.16. The maximum Gasteiger partial charge on any atom is 0.326 e. The van der Waals surface area contributed by atoms with Gasteiger partial charge in [0.1, 0.15) is 6.04 Å². The van der Waals surface area contributed by atoms with Gasteiger partial charge in [0, 0.05) is 12.2 Å². The topological polar surface area (TPSA) is 74.7 Å². The van der Waals surface area contributed by atoms with Crippen molar-refractivity contribution in [1.29, 1.82) is 0 Å². The fourth-order valence-electron chi connectivity index (χ4n) is 1.48. The summed E-state index contributed by atoms with van der Waals surface area (Å²) in [6, 6.07) is -1.06. The Bertz CT molecular complexity index is 314. The lowest BCUT2D eigenvalue weighted by Gasteiger charge is -2.23. The third kappa shape index (κ3) is 2.43. The molecule has 1 heterocycles. The predicted molar refractivity (Wildman–Crippen MR) is 51.9 cm³/mol. The number of amides is 2. The molecular formula is C10H13NO4. The van der Waals surface area contributed by atoms with Gasteiger partial charge in [-0.25, -0.2) is 4.79 Å². The molecule has 1 rings (SSSR count). The Morgan fingerprint density at radius 2 is 1.80 bits per heavy atom. The van der Waals surface area contributed by atoms with Crippen LogP contribution in [0.4, 0.5) is 0 Å². The number of carbonyl (C=O) groups excluding carboxylic acids is 2. The SMILES string of the molecule is CC(C)CC(C(=O)O)N1C(=O)C=CC1=O. The number of hydrogen-bond acceptors (Lipinski definition) is 3. The summed E-state index contributed by atoms with van der Waals surface area (Å²) in [5.41, 5.74) is 0. The summed E-state index contributed by atoms with van der Waals surface area (Å²) < 4.78 is 0. The van der Waals surface area contributed by atoms with Gasteiger partial charge in [-0.2, -0.15) is 0 Å². The molecule has 1 aliphatic heterocycles. The van der Waals surface area contributed by atoms with Crippen LogP contribution in [0.15, 0.2) is 12.2 Å². The number of hydrogen-bond donors (Lipinski definition) is 1. The summed E-state index contributed by atoms with van der Waals surface area (Å²) in [4.78, 5) is 34.3. The Labute approximate surface area is 87.4 Å². The van der Waals surface area contributed by atoms with Gasteiger partial charge in [-0.3, -0.25) is 14.5 Å². The largest absolute Gasteiger partial charge is 0.480 e. The van der Waals surface area contributed by atoms with E-state index in [-0.39, 0.29) is 12.3 Å². The van der Waals surface area contributed by atoms with E-state index >= 15 is 0 Å². The van der Waals surface area contributed by atoms with Crippen LogP contribution in [0.3, 0.4) is 0 Å². The molecule has 0 bridgehead atoms. The molecule has 1 atom stereocenters. The first-order chi connectivity index (χ1) is 6.93. The van der Waals surface area contributed by atoms with Crippen molar-refractivity contribution >= 4 is 17.8 Å². The van der Waals surface area contributed by atoms with Gasteiger partial charge >= 0.3 is 5.97 Å². The quantitative estimate of drug-likeness (QED) is 0.683. The molecule has 15 heavy (non-hydrogen) atoms. The molecule has 1 unspecified atom stereocenters. The van der Waals surface area contributed by atoms with Crippen LogP contribution >= 0.6 is 0 Å². The van der Waals surface area contributed by atoms with E-state index in [4.69, 9.17) is 5.11 Å². The van der Waals surface area contributed by atoms with Crippen molar-refractivity contribution in [2.75, 3.05) is 0 Å². The Morgan fingerprint density at radius 3 is 2.13 bits per heavy atom. The zero-order valence-electron chi connectivity index (χ0n) is 8.64. The van der Waals surface area contributed by atoms with Crippen LogP contribution in [0, 0.1) is 5.92 Å². The molecule has 0 saturated heterocycles. The summed E-state index contributed by atoms with van der Waals surface area (Å²) in [6.45, 7) is 3.68. The lowest BCUT2D eigenvalue weighted by molar-refractivity contribution is -0.154. The van der Waals surface area contributed by atoms with E-state index in [0.717, 1.165) is 17.1 Å². The molecule has 5 heteroatoms. The molecule has 2 amide bonds. The van der Waals surface area contributed by atoms with E-state index in [1.807, 2.05) is 13.8 Å². The van der Waals surface area contributed by atoms with E-state index in [1.54, 1.807) is 0 Å². The van der Waals surface area contributed by atoms with Crippen molar-refractivity contribution < 1.29 is 19.5 Å². The molecule has 1 N–H and O–H groups in total. The minimum absolute atomic E-state index is 0.104. The zero-order valence-corrected chi connectivity index (χ0v) is 8.64. The van der Waals surface area contributed by atoms with Crippen molar-refractivity contribution in [1.82, 2.24) is 4.90 Å². The first-order valence-corrected chi connectivity index (χ1v) is 4.71. The van der Waals surface area contributed by atoms with Crippen LogP contribution in [0.5, 0.6) is 0 Å². The van der Waals surface area contributed by atoms with E-state index in [1.165, 1.54) is 0 Å². The van der Waals surface area contributed by atoms with Crippen LogP contribution in [0.1, 0.15) is 20.3 Å². The molecule has 0 aromatic heterocycles. The first-order valence-electron chi connectivity index (χ1n) is 4.71. The predicted octanol–water partition coefficient (Wildman–Crippen LogP) is 0.411. The molecular weight excluding hydrogens is 198 g/mol. The molecule has 82 valence electrons. The second-order valence-electron chi connectivity index (χ2n) is 3.86. The van der Waals surface area contributed by atoms with Gasteiger partial charge in [-0.15, -0.1) is 0 Å². The number of nitrogens with zero attached hydrogens (tertiary/aromatic N) is 1. The Kier molecular flexibility index (Phi) is 3.24. The van der Waals surface area contributed by atoms with Crippen LogP contribution in [-0.4, -0.2) is 33.8 Å². The zero-order chi connectivity index (χ0) is 11.6.